The Balaban J connectivity index is 2.46. The van der Waals surface area contributed by atoms with Crippen molar-refractivity contribution >= 4 is 12.1 Å². The number of carbonyl (C=O) groups is 2. The lowest BCUT2D eigenvalue weighted by Crippen LogP contribution is -2.23. The Hall–Kier alpha value is -1.18. The van der Waals surface area contributed by atoms with Crippen LogP contribution in [0.4, 0.5) is 0 Å². The summed E-state index contributed by atoms with van der Waals surface area (Å²) in [6.45, 7) is 5.98. The molecule has 0 bridgehead atoms. The lowest BCUT2D eigenvalue weighted by molar-refractivity contribution is -0.120. The van der Waals surface area contributed by atoms with Gasteiger partial charge in [0.05, 0.1) is 0 Å². The summed E-state index contributed by atoms with van der Waals surface area (Å²) in [6.07, 6.45) is 8.53. The first-order valence-electron chi connectivity index (χ1n) is 6.37. The quantitative estimate of drug-likeness (QED) is 0.539. The fourth-order valence-corrected chi connectivity index (χ4v) is 2.34. The van der Waals surface area contributed by atoms with Gasteiger partial charge in [0.1, 0.15) is 6.29 Å². The van der Waals surface area contributed by atoms with Gasteiger partial charge in [-0.3, -0.25) is 9.59 Å². The number of ketones is 1. The average molecular weight is 234 g/mol. The summed E-state index contributed by atoms with van der Waals surface area (Å²) in [5, 5.41) is 0. The standard InChI is InChI=1S/C15H22O2/c1-11-7-8-14(15(17)9-11)13(3)6-4-5-12(2)10-16/h5,9-10,13-14H,4,6-8H2,1-3H3/b12-5+/t13-,14?/m1/s1. The van der Waals surface area contributed by atoms with E-state index in [0.717, 1.165) is 37.5 Å². The van der Waals surface area contributed by atoms with E-state index in [1.165, 1.54) is 5.57 Å². The molecule has 0 saturated heterocycles. The highest BCUT2D eigenvalue weighted by molar-refractivity contribution is 5.93. The lowest BCUT2D eigenvalue weighted by atomic mass is 9.79. The van der Waals surface area contributed by atoms with Gasteiger partial charge in [-0.15, -0.1) is 0 Å². The van der Waals surface area contributed by atoms with E-state index in [1.54, 1.807) is 6.08 Å². The van der Waals surface area contributed by atoms with Gasteiger partial charge in [0.25, 0.3) is 0 Å². The highest BCUT2D eigenvalue weighted by Gasteiger charge is 2.25. The van der Waals surface area contributed by atoms with Crippen molar-refractivity contribution in [3.63, 3.8) is 0 Å². The van der Waals surface area contributed by atoms with Crippen molar-refractivity contribution in [1.29, 1.82) is 0 Å². The van der Waals surface area contributed by atoms with Gasteiger partial charge in [0, 0.05) is 5.92 Å². The van der Waals surface area contributed by atoms with Gasteiger partial charge < -0.3 is 0 Å². The first-order chi connectivity index (χ1) is 8.04. The molecule has 0 aromatic carbocycles. The molecule has 0 N–H and O–H groups in total. The first-order valence-corrected chi connectivity index (χ1v) is 6.37. The Labute approximate surface area is 104 Å². The molecule has 0 aromatic rings. The molecule has 0 spiro atoms. The van der Waals surface area contributed by atoms with E-state index in [4.69, 9.17) is 0 Å². The smallest absolute Gasteiger partial charge is 0.158 e. The molecule has 1 rings (SSSR count). The van der Waals surface area contributed by atoms with Crippen LogP contribution >= 0.6 is 0 Å². The van der Waals surface area contributed by atoms with Gasteiger partial charge >= 0.3 is 0 Å². The molecule has 0 heterocycles. The maximum absolute atomic E-state index is 11.9. The van der Waals surface area contributed by atoms with Crippen LogP contribution < -0.4 is 0 Å². The van der Waals surface area contributed by atoms with E-state index in [0.29, 0.717) is 5.92 Å². The molecular formula is C15H22O2. The second-order valence-corrected chi connectivity index (χ2v) is 5.16. The van der Waals surface area contributed by atoms with Crippen LogP contribution in [0.3, 0.4) is 0 Å². The van der Waals surface area contributed by atoms with Crippen LogP contribution in [0.2, 0.25) is 0 Å². The van der Waals surface area contributed by atoms with E-state index in [1.807, 2.05) is 19.9 Å². The molecule has 17 heavy (non-hydrogen) atoms. The zero-order valence-corrected chi connectivity index (χ0v) is 11.0. The predicted molar refractivity (Wildman–Crippen MR) is 69.7 cm³/mol. The SMILES string of the molecule is CC1=CC(=O)C([C@H](C)CC/C=C(\C)C=O)CC1. The molecule has 0 fully saturated rings. The number of hydrogen-bond acceptors (Lipinski definition) is 2. The topological polar surface area (TPSA) is 34.1 Å². The Morgan fingerprint density at radius 1 is 1.59 bits per heavy atom. The number of allylic oxidation sites excluding steroid dienone is 4. The normalized spacial score (nSPS) is 23.2. The zero-order chi connectivity index (χ0) is 12.8. The summed E-state index contributed by atoms with van der Waals surface area (Å²) in [5.74, 6) is 0.878. The second-order valence-electron chi connectivity index (χ2n) is 5.16. The molecule has 0 amide bonds. The third kappa shape index (κ3) is 4.29. The summed E-state index contributed by atoms with van der Waals surface area (Å²) >= 11 is 0. The van der Waals surface area contributed by atoms with Crippen molar-refractivity contribution in [3.05, 3.63) is 23.3 Å². The first kappa shape index (κ1) is 13.9. The third-order valence-corrected chi connectivity index (χ3v) is 3.56. The molecule has 2 atom stereocenters. The summed E-state index contributed by atoms with van der Waals surface area (Å²) < 4.78 is 0. The van der Waals surface area contributed by atoms with Crippen molar-refractivity contribution in [2.24, 2.45) is 11.8 Å². The van der Waals surface area contributed by atoms with Gasteiger partial charge in [0.15, 0.2) is 5.78 Å². The van der Waals surface area contributed by atoms with Crippen molar-refractivity contribution in [2.75, 3.05) is 0 Å². The van der Waals surface area contributed by atoms with Crippen LogP contribution in [0, 0.1) is 11.8 Å². The summed E-state index contributed by atoms with van der Waals surface area (Å²) in [4.78, 5) is 22.3. The minimum Gasteiger partial charge on any atom is -0.298 e. The molecule has 1 unspecified atom stereocenters. The third-order valence-electron chi connectivity index (χ3n) is 3.56. The van der Waals surface area contributed by atoms with Gasteiger partial charge in [-0.1, -0.05) is 18.6 Å². The number of aldehydes is 1. The van der Waals surface area contributed by atoms with Crippen molar-refractivity contribution in [2.45, 2.75) is 46.5 Å². The molecule has 0 aliphatic heterocycles. The Kier molecular flexibility index (Phi) is 5.33. The Morgan fingerprint density at radius 2 is 2.29 bits per heavy atom. The lowest BCUT2D eigenvalue weighted by Gasteiger charge is -2.25. The van der Waals surface area contributed by atoms with Crippen molar-refractivity contribution in [3.8, 4) is 0 Å². The van der Waals surface area contributed by atoms with Gasteiger partial charge in [-0.05, 0) is 57.1 Å². The Bertz CT molecular complexity index is 350. The predicted octanol–water partition coefficient (Wildman–Crippen LogP) is 3.47. The van der Waals surface area contributed by atoms with Crippen LogP contribution in [0.5, 0.6) is 0 Å². The van der Waals surface area contributed by atoms with Crippen molar-refractivity contribution in [1.82, 2.24) is 0 Å². The molecule has 1 aliphatic carbocycles. The van der Waals surface area contributed by atoms with E-state index in [9.17, 15) is 9.59 Å². The number of rotatable bonds is 5. The number of carbonyl (C=O) groups excluding carboxylic acids is 2. The molecule has 2 nitrogen and oxygen atoms in total. The van der Waals surface area contributed by atoms with Crippen LogP contribution in [0.15, 0.2) is 23.3 Å². The van der Waals surface area contributed by atoms with Crippen LogP contribution in [-0.2, 0) is 9.59 Å². The average Bonchev–Trinajstić information content (AvgIpc) is 2.28. The monoisotopic (exact) mass is 234 g/mol. The molecule has 1 aliphatic rings. The van der Waals surface area contributed by atoms with E-state index in [2.05, 4.69) is 6.92 Å². The Morgan fingerprint density at radius 3 is 2.88 bits per heavy atom. The van der Waals surface area contributed by atoms with E-state index >= 15 is 0 Å². The summed E-state index contributed by atoms with van der Waals surface area (Å²) in [7, 11) is 0. The second kappa shape index (κ2) is 6.53. The van der Waals surface area contributed by atoms with Crippen LogP contribution in [0.25, 0.3) is 0 Å². The molecule has 2 heteroatoms. The fraction of sp³-hybridized carbons (Fsp3) is 0.600. The molecule has 0 radical (unpaired) electrons. The zero-order valence-electron chi connectivity index (χ0n) is 11.0. The maximum atomic E-state index is 11.9. The summed E-state index contributed by atoms with van der Waals surface area (Å²) in [5.41, 5.74) is 1.98. The highest BCUT2D eigenvalue weighted by Crippen LogP contribution is 2.29. The van der Waals surface area contributed by atoms with E-state index in [-0.39, 0.29) is 11.7 Å². The molecule has 94 valence electrons. The molecule has 0 saturated carbocycles. The minimum atomic E-state index is 0.184. The fourth-order valence-electron chi connectivity index (χ4n) is 2.34. The minimum absolute atomic E-state index is 0.184. The van der Waals surface area contributed by atoms with Crippen molar-refractivity contribution < 1.29 is 9.59 Å². The highest BCUT2D eigenvalue weighted by atomic mass is 16.1. The van der Waals surface area contributed by atoms with Crippen LogP contribution in [-0.4, -0.2) is 12.1 Å². The van der Waals surface area contributed by atoms with Crippen LogP contribution in [0.1, 0.15) is 46.5 Å². The summed E-state index contributed by atoms with van der Waals surface area (Å²) in [6, 6.07) is 0. The van der Waals surface area contributed by atoms with E-state index < -0.39 is 0 Å². The van der Waals surface area contributed by atoms with Gasteiger partial charge in [-0.2, -0.15) is 0 Å². The number of hydrogen-bond donors (Lipinski definition) is 0. The molecule has 0 aromatic heterocycles. The van der Waals surface area contributed by atoms with Gasteiger partial charge in [0.2, 0.25) is 0 Å². The largest absolute Gasteiger partial charge is 0.298 e. The maximum Gasteiger partial charge on any atom is 0.158 e. The van der Waals surface area contributed by atoms with Gasteiger partial charge in [-0.25, -0.2) is 0 Å². The molecular weight excluding hydrogens is 212 g/mol.